The summed E-state index contributed by atoms with van der Waals surface area (Å²) in [5.41, 5.74) is 3.19. The Labute approximate surface area is 233 Å². The number of pyridine rings is 2. The second-order valence-electron chi connectivity index (χ2n) is 9.01. The average Bonchev–Trinajstić information content (AvgIpc) is 3.39. The molecule has 1 amide bonds. The van der Waals surface area contributed by atoms with Gasteiger partial charge in [0.25, 0.3) is 5.91 Å². The number of anilines is 2. The molecule has 0 bridgehead atoms. The Hall–Kier alpha value is -4.70. The molecule has 16 heteroatoms. The van der Waals surface area contributed by atoms with Gasteiger partial charge < -0.3 is 20.5 Å². The highest BCUT2D eigenvalue weighted by Gasteiger charge is 2.41. The standard InChI is InChI=1S/C26H21F6N7O3/c27-17-2-1-4-35-24(17)39-22(26(30,31)32)15(12-36-39)25(40)37-14-10-18(28)21(19(29)11-14)42-20-3-5-34-23(33)16(20)13-38-6-8-41-9-7-38/h1-5,10-12H,6-9,13H2,(H2,33,34)(H,37,40). The Morgan fingerprint density at radius 2 is 1.76 bits per heavy atom. The number of nitrogen functional groups attached to an aromatic ring is 1. The summed E-state index contributed by atoms with van der Waals surface area (Å²) in [6, 6.07) is 4.73. The van der Waals surface area contributed by atoms with Gasteiger partial charge in [-0.05, 0) is 18.2 Å². The molecule has 5 rings (SSSR count). The molecular weight excluding hydrogens is 572 g/mol. The van der Waals surface area contributed by atoms with Crippen LogP contribution in [0.15, 0.2) is 48.9 Å². The van der Waals surface area contributed by atoms with Crippen LogP contribution >= 0.6 is 0 Å². The molecule has 4 heterocycles. The molecule has 0 radical (unpaired) electrons. The van der Waals surface area contributed by atoms with Crippen LogP contribution in [0.1, 0.15) is 21.6 Å². The number of hydrogen-bond donors (Lipinski definition) is 2. The maximum absolute atomic E-state index is 15.0. The number of morpholine rings is 1. The van der Waals surface area contributed by atoms with Gasteiger partial charge in [-0.3, -0.25) is 9.69 Å². The van der Waals surface area contributed by atoms with Crippen molar-refractivity contribution in [1.29, 1.82) is 0 Å². The zero-order valence-corrected chi connectivity index (χ0v) is 21.5. The van der Waals surface area contributed by atoms with Crippen LogP contribution < -0.4 is 15.8 Å². The third kappa shape index (κ3) is 5.99. The van der Waals surface area contributed by atoms with Gasteiger partial charge in [-0.25, -0.2) is 27.8 Å². The molecule has 1 aliphatic rings. The number of hydrogen-bond acceptors (Lipinski definition) is 8. The normalized spacial score (nSPS) is 14.1. The van der Waals surface area contributed by atoms with Crippen LogP contribution in [-0.2, 0) is 17.5 Å². The van der Waals surface area contributed by atoms with Gasteiger partial charge >= 0.3 is 6.18 Å². The Bertz CT molecular complexity index is 1600. The fraction of sp³-hybridized carbons (Fsp3) is 0.231. The summed E-state index contributed by atoms with van der Waals surface area (Å²) in [5, 5.41) is 5.48. The lowest BCUT2D eigenvalue weighted by Gasteiger charge is -2.27. The zero-order valence-electron chi connectivity index (χ0n) is 21.5. The molecule has 3 N–H and O–H groups in total. The van der Waals surface area contributed by atoms with E-state index in [-0.39, 0.29) is 22.8 Å². The molecular formula is C26H21F6N7O3. The summed E-state index contributed by atoms with van der Waals surface area (Å²) < 4.78 is 96.9. The molecule has 4 aromatic rings. The predicted octanol–water partition coefficient (Wildman–Crippen LogP) is 4.56. The number of halogens is 6. The fourth-order valence-electron chi connectivity index (χ4n) is 4.25. The van der Waals surface area contributed by atoms with Crippen molar-refractivity contribution in [3.05, 3.63) is 83.2 Å². The van der Waals surface area contributed by atoms with E-state index in [4.69, 9.17) is 15.2 Å². The zero-order chi connectivity index (χ0) is 30.0. The van der Waals surface area contributed by atoms with E-state index in [0.717, 1.165) is 18.3 Å². The van der Waals surface area contributed by atoms with E-state index in [1.807, 2.05) is 10.2 Å². The molecule has 42 heavy (non-hydrogen) atoms. The van der Waals surface area contributed by atoms with Crippen molar-refractivity contribution in [3.63, 3.8) is 0 Å². The minimum Gasteiger partial charge on any atom is -0.451 e. The molecule has 0 atom stereocenters. The summed E-state index contributed by atoms with van der Waals surface area (Å²) in [5.74, 6) is -6.57. The van der Waals surface area contributed by atoms with Gasteiger partial charge in [-0.1, -0.05) is 0 Å². The smallest absolute Gasteiger partial charge is 0.434 e. The van der Waals surface area contributed by atoms with Crippen LogP contribution in [-0.4, -0.2) is 56.9 Å². The Balaban J connectivity index is 1.40. The lowest BCUT2D eigenvalue weighted by atomic mass is 10.2. The van der Waals surface area contributed by atoms with Gasteiger partial charge in [0.1, 0.15) is 11.6 Å². The molecule has 3 aromatic heterocycles. The summed E-state index contributed by atoms with van der Waals surface area (Å²) in [4.78, 5) is 22.3. The highest BCUT2D eigenvalue weighted by atomic mass is 19.4. The molecule has 0 spiro atoms. The number of amides is 1. The van der Waals surface area contributed by atoms with E-state index in [1.54, 1.807) is 0 Å². The summed E-state index contributed by atoms with van der Waals surface area (Å²) in [6.45, 7) is 2.46. The van der Waals surface area contributed by atoms with Gasteiger partial charge in [-0.15, -0.1) is 0 Å². The minimum atomic E-state index is -5.17. The fourth-order valence-corrected chi connectivity index (χ4v) is 4.25. The maximum Gasteiger partial charge on any atom is 0.434 e. The first-order valence-corrected chi connectivity index (χ1v) is 12.3. The highest BCUT2D eigenvalue weighted by Crippen LogP contribution is 2.36. The second-order valence-corrected chi connectivity index (χ2v) is 9.01. The molecule has 0 saturated carbocycles. The number of rotatable bonds is 7. The third-order valence-corrected chi connectivity index (χ3v) is 6.22. The molecule has 0 unspecified atom stereocenters. The molecule has 10 nitrogen and oxygen atoms in total. The quantitative estimate of drug-likeness (QED) is 0.300. The van der Waals surface area contributed by atoms with Gasteiger partial charge in [0.15, 0.2) is 34.7 Å². The van der Waals surface area contributed by atoms with Crippen molar-refractivity contribution in [3.8, 4) is 17.3 Å². The maximum atomic E-state index is 15.0. The van der Waals surface area contributed by atoms with Gasteiger partial charge in [0.2, 0.25) is 0 Å². The monoisotopic (exact) mass is 593 g/mol. The van der Waals surface area contributed by atoms with Crippen LogP contribution in [0.3, 0.4) is 0 Å². The number of benzene rings is 1. The van der Waals surface area contributed by atoms with Crippen molar-refractivity contribution in [2.24, 2.45) is 0 Å². The molecule has 1 fully saturated rings. The van der Waals surface area contributed by atoms with E-state index in [0.29, 0.717) is 50.2 Å². The van der Waals surface area contributed by atoms with Gasteiger partial charge in [0.05, 0.1) is 30.5 Å². The van der Waals surface area contributed by atoms with Crippen LogP contribution in [0.2, 0.25) is 0 Å². The number of aromatic nitrogens is 4. The third-order valence-electron chi connectivity index (χ3n) is 6.22. The largest absolute Gasteiger partial charge is 0.451 e. The molecule has 1 aliphatic heterocycles. The van der Waals surface area contributed by atoms with Crippen molar-refractivity contribution in [2.45, 2.75) is 12.7 Å². The Morgan fingerprint density at radius 3 is 2.43 bits per heavy atom. The van der Waals surface area contributed by atoms with Crippen LogP contribution in [0, 0.1) is 17.5 Å². The van der Waals surface area contributed by atoms with Crippen LogP contribution in [0.5, 0.6) is 11.5 Å². The number of nitrogens with one attached hydrogen (secondary N) is 1. The molecule has 220 valence electrons. The van der Waals surface area contributed by atoms with Crippen molar-refractivity contribution < 1.29 is 40.6 Å². The summed E-state index contributed by atoms with van der Waals surface area (Å²) >= 11 is 0. The number of alkyl halides is 3. The first-order valence-electron chi connectivity index (χ1n) is 12.3. The minimum absolute atomic E-state index is 0.0348. The number of carbonyl (C=O) groups excluding carboxylic acids is 1. The molecule has 1 aromatic carbocycles. The summed E-state index contributed by atoms with van der Waals surface area (Å²) in [6.07, 6.45) is -2.29. The summed E-state index contributed by atoms with van der Waals surface area (Å²) in [7, 11) is 0. The van der Waals surface area contributed by atoms with Gasteiger partial charge in [0, 0.05) is 49.8 Å². The number of carbonyl (C=O) groups is 1. The predicted molar refractivity (Wildman–Crippen MR) is 135 cm³/mol. The van der Waals surface area contributed by atoms with E-state index in [1.165, 1.54) is 12.3 Å². The van der Waals surface area contributed by atoms with Crippen molar-refractivity contribution in [1.82, 2.24) is 24.6 Å². The van der Waals surface area contributed by atoms with Crippen molar-refractivity contribution >= 4 is 17.4 Å². The first kappa shape index (κ1) is 28.8. The lowest BCUT2D eigenvalue weighted by Crippen LogP contribution is -2.36. The van der Waals surface area contributed by atoms with E-state index < -0.39 is 58.0 Å². The second kappa shape index (κ2) is 11.7. The lowest BCUT2D eigenvalue weighted by molar-refractivity contribution is -0.143. The van der Waals surface area contributed by atoms with Crippen molar-refractivity contribution in [2.75, 3.05) is 37.4 Å². The van der Waals surface area contributed by atoms with Gasteiger partial charge in [-0.2, -0.15) is 18.3 Å². The number of nitrogens with two attached hydrogens (primary N) is 1. The van der Waals surface area contributed by atoms with E-state index >= 15 is 8.78 Å². The molecule has 1 saturated heterocycles. The topological polar surface area (TPSA) is 120 Å². The first-order chi connectivity index (χ1) is 20.0. The number of ether oxygens (including phenoxy) is 2. The number of nitrogens with zero attached hydrogens (tertiary/aromatic N) is 5. The van der Waals surface area contributed by atoms with Crippen LogP contribution in [0.4, 0.5) is 37.8 Å². The average molecular weight is 593 g/mol. The van der Waals surface area contributed by atoms with E-state index in [9.17, 15) is 22.4 Å². The highest BCUT2D eigenvalue weighted by molar-refractivity contribution is 6.05. The van der Waals surface area contributed by atoms with E-state index in [2.05, 4.69) is 15.1 Å². The Kier molecular flexibility index (Phi) is 8.00. The SMILES string of the molecule is Nc1nccc(Oc2c(F)cc(NC(=O)c3cnn(-c4ncccc4F)c3C(F)(F)F)cc2F)c1CN1CCOCC1. The molecule has 0 aliphatic carbocycles. The van der Waals surface area contributed by atoms with Crippen LogP contribution in [0.25, 0.3) is 5.82 Å². The Morgan fingerprint density at radius 1 is 1.05 bits per heavy atom.